The Morgan fingerprint density at radius 2 is 1.67 bits per heavy atom. The smallest absolute Gasteiger partial charge is 0.327 e. The molecule has 0 radical (unpaired) electrons. The first-order chi connectivity index (χ1) is 8.65. The fraction of sp³-hybridized carbons (Fsp3) is 0.182. The molecule has 0 saturated heterocycles. The van der Waals surface area contributed by atoms with Gasteiger partial charge in [0.2, 0.25) is 0 Å². The summed E-state index contributed by atoms with van der Waals surface area (Å²) in [5, 5.41) is 10.6. The molecule has 0 fully saturated rings. The molecule has 0 spiro atoms. The summed E-state index contributed by atoms with van der Waals surface area (Å²) in [5.41, 5.74) is 4.41. The van der Waals surface area contributed by atoms with Crippen molar-refractivity contribution in [2.45, 2.75) is 0 Å². The standard InChI is InChI=1S/C11H13N3O4/c15-7-6-12-10(17)11(18)14-13-9(16)8-4-2-1-3-5-8/h1-5,15H,6-7H2,(H,12,17)(H,13,16)(H,14,18). The number of aliphatic hydroxyl groups is 1. The number of carbonyl (C=O) groups is 3. The molecule has 0 aliphatic carbocycles. The van der Waals surface area contributed by atoms with Crippen molar-refractivity contribution < 1.29 is 19.5 Å². The van der Waals surface area contributed by atoms with E-state index in [-0.39, 0.29) is 13.2 Å². The van der Waals surface area contributed by atoms with Gasteiger partial charge in [0.25, 0.3) is 5.91 Å². The van der Waals surface area contributed by atoms with Crippen molar-refractivity contribution in [3.05, 3.63) is 35.9 Å². The molecule has 96 valence electrons. The fourth-order valence-electron chi connectivity index (χ4n) is 1.08. The Morgan fingerprint density at radius 3 is 2.28 bits per heavy atom. The quantitative estimate of drug-likeness (QED) is 0.389. The monoisotopic (exact) mass is 251 g/mol. The summed E-state index contributed by atoms with van der Waals surface area (Å²) in [7, 11) is 0. The summed E-state index contributed by atoms with van der Waals surface area (Å²) < 4.78 is 0. The number of carbonyl (C=O) groups excluding carboxylic acids is 3. The Kier molecular flexibility index (Phi) is 5.33. The maximum atomic E-state index is 11.5. The van der Waals surface area contributed by atoms with Gasteiger partial charge >= 0.3 is 11.8 Å². The van der Waals surface area contributed by atoms with Gasteiger partial charge in [-0.3, -0.25) is 25.2 Å². The molecule has 1 aromatic rings. The van der Waals surface area contributed by atoms with Crippen LogP contribution >= 0.6 is 0 Å². The van der Waals surface area contributed by atoms with Crippen LogP contribution in [0.5, 0.6) is 0 Å². The average molecular weight is 251 g/mol. The van der Waals surface area contributed by atoms with E-state index in [4.69, 9.17) is 5.11 Å². The first-order valence-electron chi connectivity index (χ1n) is 5.19. The van der Waals surface area contributed by atoms with Crippen molar-refractivity contribution in [1.29, 1.82) is 0 Å². The summed E-state index contributed by atoms with van der Waals surface area (Å²) in [5.74, 6) is -2.47. The van der Waals surface area contributed by atoms with Crippen molar-refractivity contribution in [2.75, 3.05) is 13.2 Å². The Morgan fingerprint density at radius 1 is 1.00 bits per heavy atom. The zero-order valence-corrected chi connectivity index (χ0v) is 9.47. The number of hydrazine groups is 1. The maximum Gasteiger partial charge on any atom is 0.327 e. The van der Waals surface area contributed by atoms with E-state index in [0.717, 1.165) is 0 Å². The van der Waals surface area contributed by atoms with Gasteiger partial charge in [0, 0.05) is 12.1 Å². The topological polar surface area (TPSA) is 108 Å². The van der Waals surface area contributed by atoms with Crippen LogP contribution in [0, 0.1) is 0 Å². The largest absolute Gasteiger partial charge is 0.395 e. The van der Waals surface area contributed by atoms with Crippen LogP contribution in [0.25, 0.3) is 0 Å². The van der Waals surface area contributed by atoms with Crippen LogP contribution in [0.2, 0.25) is 0 Å². The first-order valence-corrected chi connectivity index (χ1v) is 5.19. The third-order valence-corrected chi connectivity index (χ3v) is 1.93. The lowest BCUT2D eigenvalue weighted by Gasteiger charge is -2.07. The van der Waals surface area contributed by atoms with Crippen LogP contribution in [0.4, 0.5) is 0 Å². The van der Waals surface area contributed by atoms with Gasteiger partial charge in [0.1, 0.15) is 0 Å². The SMILES string of the molecule is O=C(NCCO)C(=O)NNC(=O)c1ccccc1. The highest BCUT2D eigenvalue weighted by Gasteiger charge is 2.13. The summed E-state index contributed by atoms with van der Waals surface area (Å²) in [6.45, 7) is -0.297. The molecule has 1 aromatic carbocycles. The predicted molar refractivity (Wildman–Crippen MR) is 62.1 cm³/mol. The zero-order valence-electron chi connectivity index (χ0n) is 9.47. The predicted octanol–water partition coefficient (Wildman–Crippen LogP) is -1.44. The van der Waals surface area contributed by atoms with Crippen LogP contribution in [0.15, 0.2) is 30.3 Å². The van der Waals surface area contributed by atoms with E-state index >= 15 is 0 Å². The average Bonchev–Trinajstić information content (AvgIpc) is 2.42. The molecular weight excluding hydrogens is 238 g/mol. The number of aliphatic hydroxyl groups excluding tert-OH is 1. The Hall–Kier alpha value is -2.41. The lowest BCUT2D eigenvalue weighted by molar-refractivity contribution is -0.139. The normalized spacial score (nSPS) is 9.39. The first kappa shape index (κ1) is 13.7. The third kappa shape index (κ3) is 4.22. The van der Waals surface area contributed by atoms with Gasteiger partial charge in [-0.2, -0.15) is 0 Å². The van der Waals surface area contributed by atoms with Gasteiger partial charge in [-0.15, -0.1) is 0 Å². The molecule has 0 bridgehead atoms. The molecule has 3 amide bonds. The second-order valence-electron chi connectivity index (χ2n) is 3.25. The van der Waals surface area contributed by atoms with Crippen molar-refractivity contribution in [2.24, 2.45) is 0 Å². The zero-order chi connectivity index (χ0) is 13.4. The minimum Gasteiger partial charge on any atom is -0.395 e. The number of benzene rings is 1. The van der Waals surface area contributed by atoms with Gasteiger partial charge < -0.3 is 10.4 Å². The molecule has 4 N–H and O–H groups in total. The second kappa shape index (κ2) is 7.02. The molecule has 7 heteroatoms. The summed E-state index contributed by atoms with van der Waals surface area (Å²) in [6.07, 6.45) is 0. The van der Waals surface area contributed by atoms with E-state index in [0.29, 0.717) is 5.56 Å². The van der Waals surface area contributed by atoms with Crippen molar-refractivity contribution >= 4 is 17.7 Å². The molecule has 0 atom stereocenters. The molecule has 0 saturated carbocycles. The fourth-order valence-corrected chi connectivity index (χ4v) is 1.08. The number of rotatable bonds is 3. The highest BCUT2D eigenvalue weighted by Crippen LogP contribution is 1.96. The molecule has 0 unspecified atom stereocenters. The van der Waals surface area contributed by atoms with Crippen LogP contribution in [-0.4, -0.2) is 36.0 Å². The number of hydrogen-bond acceptors (Lipinski definition) is 4. The van der Waals surface area contributed by atoms with Crippen molar-refractivity contribution in [3.63, 3.8) is 0 Å². The van der Waals surface area contributed by atoms with Gasteiger partial charge in [0.15, 0.2) is 0 Å². The van der Waals surface area contributed by atoms with Crippen molar-refractivity contribution in [3.8, 4) is 0 Å². The van der Waals surface area contributed by atoms with Gasteiger partial charge in [-0.1, -0.05) is 18.2 Å². The maximum absolute atomic E-state index is 11.5. The number of nitrogens with one attached hydrogen (secondary N) is 3. The van der Waals surface area contributed by atoms with E-state index in [9.17, 15) is 14.4 Å². The van der Waals surface area contributed by atoms with Gasteiger partial charge in [0.05, 0.1) is 6.61 Å². The van der Waals surface area contributed by atoms with E-state index in [1.54, 1.807) is 30.3 Å². The minimum absolute atomic E-state index is 0.0289. The van der Waals surface area contributed by atoms with Gasteiger partial charge in [-0.25, -0.2) is 0 Å². The summed E-state index contributed by atoms with van der Waals surface area (Å²) >= 11 is 0. The number of hydrogen-bond donors (Lipinski definition) is 4. The minimum atomic E-state index is -1.01. The molecule has 1 rings (SSSR count). The Labute approximate surface area is 103 Å². The molecular formula is C11H13N3O4. The highest BCUT2D eigenvalue weighted by atomic mass is 16.3. The third-order valence-electron chi connectivity index (χ3n) is 1.93. The van der Waals surface area contributed by atoms with Crippen molar-refractivity contribution in [1.82, 2.24) is 16.2 Å². The summed E-state index contributed by atoms with van der Waals surface area (Å²) in [4.78, 5) is 33.7. The molecule has 0 aliphatic rings. The van der Waals surface area contributed by atoms with E-state index in [1.165, 1.54) is 0 Å². The van der Waals surface area contributed by atoms with Gasteiger partial charge in [-0.05, 0) is 12.1 Å². The second-order valence-corrected chi connectivity index (χ2v) is 3.25. The molecule has 0 aromatic heterocycles. The van der Waals surface area contributed by atoms with E-state index < -0.39 is 17.7 Å². The highest BCUT2D eigenvalue weighted by molar-refractivity contribution is 6.35. The summed E-state index contributed by atoms with van der Waals surface area (Å²) in [6, 6.07) is 8.22. The Bertz CT molecular complexity index is 433. The van der Waals surface area contributed by atoms with Crippen LogP contribution < -0.4 is 16.2 Å². The van der Waals surface area contributed by atoms with E-state index in [2.05, 4.69) is 10.7 Å². The molecule has 7 nitrogen and oxygen atoms in total. The molecule has 18 heavy (non-hydrogen) atoms. The van der Waals surface area contributed by atoms with E-state index in [1.807, 2.05) is 5.43 Å². The Balaban J connectivity index is 2.39. The molecule has 0 heterocycles. The lowest BCUT2D eigenvalue weighted by atomic mass is 10.2. The van der Waals surface area contributed by atoms with Crippen LogP contribution in [-0.2, 0) is 9.59 Å². The van der Waals surface area contributed by atoms with Crippen LogP contribution in [0.1, 0.15) is 10.4 Å². The van der Waals surface area contributed by atoms with Crippen LogP contribution in [0.3, 0.4) is 0 Å². The molecule has 0 aliphatic heterocycles. The lowest BCUT2D eigenvalue weighted by Crippen LogP contribution is -2.48. The number of amides is 3.